The summed E-state index contributed by atoms with van der Waals surface area (Å²) in [6, 6.07) is 1.86. The fourth-order valence-electron chi connectivity index (χ4n) is 4.07. The molecule has 1 aromatic carbocycles. The summed E-state index contributed by atoms with van der Waals surface area (Å²) in [7, 11) is 0. The second-order valence-corrected chi connectivity index (χ2v) is 9.34. The number of rotatable bonds is 11. The minimum atomic E-state index is -0.0488. The first kappa shape index (κ1) is 26.0. The smallest absolute Gasteiger partial charge is 0.170 e. The maximum atomic E-state index is 12.8. The van der Waals surface area contributed by atoms with Crippen LogP contribution in [0, 0.1) is 13.8 Å². The number of ketones is 1. The molecule has 3 nitrogen and oxygen atoms in total. The van der Waals surface area contributed by atoms with Crippen molar-refractivity contribution in [3.63, 3.8) is 0 Å². The van der Waals surface area contributed by atoms with Crippen LogP contribution in [0.25, 0.3) is 0 Å². The van der Waals surface area contributed by atoms with Gasteiger partial charge < -0.3 is 9.47 Å². The largest absolute Gasteiger partial charge is 0.494 e. The fourth-order valence-corrected chi connectivity index (χ4v) is 4.07. The van der Waals surface area contributed by atoms with Gasteiger partial charge in [-0.1, -0.05) is 34.9 Å². The van der Waals surface area contributed by atoms with Crippen LogP contribution in [-0.4, -0.2) is 18.5 Å². The lowest BCUT2D eigenvalue weighted by Gasteiger charge is -2.28. The number of benzene rings is 1. The maximum Gasteiger partial charge on any atom is 0.170 e. The van der Waals surface area contributed by atoms with Crippen molar-refractivity contribution in [3.05, 3.63) is 57.7 Å². The van der Waals surface area contributed by atoms with Gasteiger partial charge in [-0.3, -0.25) is 4.79 Å². The van der Waals surface area contributed by atoms with Crippen molar-refractivity contribution in [2.24, 2.45) is 0 Å². The molecule has 1 aromatic rings. The normalized spacial score (nSPS) is 16.5. The predicted octanol–water partition coefficient (Wildman–Crippen LogP) is 8.24. The molecule has 0 amide bonds. The molecule has 0 saturated carbocycles. The predicted molar refractivity (Wildman–Crippen MR) is 135 cm³/mol. The molecule has 0 N–H and O–H groups in total. The van der Waals surface area contributed by atoms with Crippen LogP contribution in [0.15, 0.2) is 41.0 Å². The van der Waals surface area contributed by atoms with Crippen molar-refractivity contribution in [3.8, 4) is 11.5 Å². The van der Waals surface area contributed by atoms with Gasteiger partial charge in [0.15, 0.2) is 5.78 Å². The van der Waals surface area contributed by atoms with Crippen LogP contribution >= 0.6 is 0 Å². The molecular weight excluding hydrogens is 396 g/mol. The van der Waals surface area contributed by atoms with Crippen LogP contribution < -0.4 is 9.47 Å². The van der Waals surface area contributed by atoms with E-state index in [4.69, 9.17) is 9.47 Å². The van der Waals surface area contributed by atoms with Crippen molar-refractivity contribution in [2.75, 3.05) is 6.61 Å². The number of hydrogen-bond donors (Lipinski definition) is 0. The Hall–Kier alpha value is -2.29. The number of fused-ring (bicyclic) bond motifs is 1. The Morgan fingerprint density at radius 3 is 2.25 bits per heavy atom. The van der Waals surface area contributed by atoms with E-state index < -0.39 is 0 Å². The molecule has 0 spiro atoms. The Labute approximate surface area is 195 Å². The first-order valence-corrected chi connectivity index (χ1v) is 12.1. The van der Waals surface area contributed by atoms with Gasteiger partial charge in [0.25, 0.3) is 0 Å². The Kier molecular flexibility index (Phi) is 10.3. The molecule has 2 rings (SSSR count). The van der Waals surface area contributed by atoms with Gasteiger partial charge in [-0.2, -0.15) is 0 Å². The number of hydrogen-bond acceptors (Lipinski definition) is 3. The molecule has 32 heavy (non-hydrogen) atoms. The molecule has 0 bridgehead atoms. The van der Waals surface area contributed by atoms with E-state index in [0.29, 0.717) is 18.6 Å². The molecule has 3 heteroatoms. The topological polar surface area (TPSA) is 35.5 Å². The highest BCUT2D eigenvalue weighted by molar-refractivity contribution is 6.01. The second-order valence-electron chi connectivity index (χ2n) is 9.34. The molecule has 1 atom stereocenters. The monoisotopic (exact) mass is 438 g/mol. The number of carbonyl (C=O) groups is 1. The molecular formula is C29H42O3. The summed E-state index contributed by atoms with van der Waals surface area (Å²) in [6.07, 6.45) is 13.7. The number of carbonyl (C=O) groups excluding carboxylic acids is 1. The molecule has 1 aliphatic heterocycles. The summed E-state index contributed by atoms with van der Waals surface area (Å²) >= 11 is 0. The Bertz CT molecular complexity index is 882. The summed E-state index contributed by atoms with van der Waals surface area (Å²) in [5.74, 6) is 1.70. The standard InChI is InChI=1S/C29H42O3/c1-8-31-28-19-26-27(30)18-25(32-29(26)24(7)23(28)6)17-11-16-22(5)15-10-14-21(4)13-9-12-20(2)3/h12,14,16,19,25H,8-11,13,15,17-18H2,1-7H3/b21-14+,22-16+. The third-order valence-corrected chi connectivity index (χ3v) is 6.19. The molecule has 176 valence electrons. The summed E-state index contributed by atoms with van der Waals surface area (Å²) in [5.41, 5.74) is 7.02. The zero-order valence-corrected chi connectivity index (χ0v) is 21.3. The quantitative estimate of drug-likeness (QED) is 0.326. The fraction of sp³-hybridized carbons (Fsp3) is 0.552. The number of ether oxygens (including phenoxy) is 2. The first-order valence-electron chi connectivity index (χ1n) is 12.1. The molecule has 1 aliphatic rings. The van der Waals surface area contributed by atoms with Crippen molar-refractivity contribution in [1.29, 1.82) is 0 Å². The Morgan fingerprint density at radius 1 is 1.00 bits per heavy atom. The average Bonchev–Trinajstić information content (AvgIpc) is 2.72. The third-order valence-electron chi connectivity index (χ3n) is 6.19. The molecule has 1 heterocycles. The molecule has 0 aliphatic carbocycles. The van der Waals surface area contributed by atoms with E-state index in [-0.39, 0.29) is 11.9 Å². The lowest BCUT2D eigenvalue weighted by molar-refractivity contribution is 0.0837. The summed E-state index contributed by atoms with van der Waals surface area (Å²) in [4.78, 5) is 12.8. The highest BCUT2D eigenvalue weighted by Crippen LogP contribution is 2.38. The molecule has 0 radical (unpaired) electrons. The van der Waals surface area contributed by atoms with Gasteiger partial charge in [-0.25, -0.2) is 0 Å². The van der Waals surface area contributed by atoms with Crippen molar-refractivity contribution < 1.29 is 14.3 Å². The van der Waals surface area contributed by atoms with Gasteiger partial charge in [0.1, 0.15) is 17.6 Å². The van der Waals surface area contributed by atoms with Crippen LogP contribution in [0.3, 0.4) is 0 Å². The van der Waals surface area contributed by atoms with Crippen molar-refractivity contribution in [2.45, 2.75) is 99.5 Å². The molecule has 0 aromatic heterocycles. The maximum absolute atomic E-state index is 12.8. The highest BCUT2D eigenvalue weighted by atomic mass is 16.5. The number of allylic oxidation sites excluding steroid dienone is 6. The highest BCUT2D eigenvalue weighted by Gasteiger charge is 2.29. The first-order chi connectivity index (χ1) is 15.2. The number of Topliss-reactive ketones (excluding diaryl/α,β-unsaturated/α-hetero) is 1. The van der Waals surface area contributed by atoms with Crippen LogP contribution in [0.1, 0.15) is 101 Å². The van der Waals surface area contributed by atoms with E-state index in [2.05, 4.69) is 45.9 Å². The van der Waals surface area contributed by atoms with Crippen molar-refractivity contribution in [1.82, 2.24) is 0 Å². The Balaban J connectivity index is 1.86. The SMILES string of the molecule is CCOc1cc2c(c(C)c1C)OC(CC/C=C(\C)CC/C=C(\C)CCC=C(C)C)CC2=O. The molecule has 1 unspecified atom stereocenters. The Morgan fingerprint density at radius 2 is 1.62 bits per heavy atom. The summed E-state index contributed by atoms with van der Waals surface area (Å²) in [5, 5.41) is 0. The van der Waals surface area contributed by atoms with Gasteiger partial charge >= 0.3 is 0 Å². The van der Waals surface area contributed by atoms with Crippen molar-refractivity contribution >= 4 is 5.78 Å². The summed E-state index contributed by atoms with van der Waals surface area (Å²) in [6.45, 7) is 15.3. The van der Waals surface area contributed by atoms with E-state index in [9.17, 15) is 4.79 Å². The minimum Gasteiger partial charge on any atom is -0.494 e. The lowest BCUT2D eigenvalue weighted by Crippen LogP contribution is -2.27. The van der Waals surface area contributed by atoms with Crippen LogP contribution in [-0.2, 0) is 0 Å². The van der Waals surface area contributed by atoms with E-state index in [1.807, 2.05) is 26.8 Å². The average molecular weight is 439 g/mol. The van der Waals surface area contributed by atoms with Crippen LogP contribution in [0.2, 0.25) is 0 Å². The summed E-state index contributed by atoms with van der Waals surface area (Å²) < 4.78 is 12.0. The van der Waals surface area contributed by atoms with E-state index in [1.54, 1.807) is 0 Å². The molecule has 0 fully saturated rings. The zero-order chi connectivity index (χ0) is 23.7. The van der Waals surface area contributed by atoms with Crippen LogP contribution in [0.5, 0.6) is 11.5 Å². The second kappa shape index (κ2) is 12.7. The van der Waals surface area contributed by atoms with E-state index in [1.165, 1.54) is 16.7 Å². The minimum absolute atomic E-state index is 0.0488. The van der Waals surface area contributed by atoms with E-state index >= 15 is 0 Å². The third kappa shape index (κ3) is 7.69. The molecule has 0 saturated heterocycles. The van der Waals surface area contributed by atoms with Gasteiger partial charge in [-0.15, -0.1) is 0 Å². The van der Waals surface area contributed by atoms with Gasteiger partial charge in [0, 0.05) is 6.42 Å². The van der Waals surface area contributed by atoms with Gasteiger partial charge in [-0.05, 0) is 104 Å². The van der Waals surface area contributed by atoms with Gasteiger partial charge in [0.2, 0.25) is 0 Å². The lowest BCUT2D eigenvalue weighted by atomic mass is 9.93. The van der Waals surface area contributed by atoms with E-state index in [0.717, 1.165) is 61.2 Å². The van der Waals surface area contributed by atoms with Gasteiger partial charge in [0.05, 0.1) is 12.2 Å². The zero-order valence-electron chi connectivity index (χ0n) is 21.3. The van der Waals surface area contributed by atoms with Crippen LogP contribution in [0.4, 0.5) is 0 Å².